The minimum Gasteiger partial charge on any atom is -0.459 e. The van der Waals surface area contributed by atoms with Crippen LogP contribution in [0.15, 0.2) is 0 Å². The first-order valence-electron chi connectivity index (χ1n) is 4.84. The van der Waals surface area contributed by atoms with E-state index in [1.165, 1.54) is 4.90 Å². The largest absolute Gasteiger partial charge is 0.459 e. The van der Waals surface area contributed by atoms with Gasteiger partial charge in [0.1, 0.15) is 13.2 Å². The van der Waals surface area contributed by atoms with Crippen molar-refractivity contribution in [3.8, 4) is 0 Å². The topological polar surface area (TPSA) is 64.9 Å². The molecule has 0 atom stereocenters. The summed E-state index contributed by atoms with van der Waals surface area (Å²) in [4.78, 5) is 11.9. The fourth-order valence-electron chi connectivity index (χ4n) is 1.43. The van der Waals surface area contributed by atoms with Crippen molar-refractivity contribution in [2.45, 2.75) is 0 Å². The molecule has 0 aromatic rings. The van der Waals surface area contributed by atoms with Crippen molar-refractivity contribution in [2.24, 2.45) is 0 Å². The Morgan fingerprint density at radius 1 is 1.33 bits per heavy atom. The van der Waals surface area contributed by atoms with Gasteiger partial charge in [-0.15, -0.1) is 0 Å². The summed E-state index contributed by atoms with van der Waals surface area (Å²) in [6, 6.07) is 0. The second kappa shape index (κ2) is 5.72. The fraction of sp³-hybridized carbons (Fsp3) is 0.875. The van der Waals surface area contributed by atoms with Crippen molar-refractivity contribution in [1.29, 1.82) is 0 Å². The summed E-state index contributed by atoms with van der Waals surface area (Å²) in [6.45, 7) is 2.24. The summed E-state index contributed by atoms with van der Waals surface area (Å²) in [5, 5.41) is 0. The first-order chi connectivity index (χ1) is 7.03. The van der Waals surface area contributed by atoms with E-state index in [0.717, 1.165) is 0 Å². The lowest BCUT2D eigenvalue weighted by Crippen LogP contribution is -3.14. The molecule has 0 bridgehead atoms. The minimum absolute atomic E-state index is 0.0870. The highest BCUT2D eigenvalue weighted by molar-refractivity contribution is 7.91. The average Bonchev–Trinajstić information content (AvgIpc) is 2.20. The van der Waals surface area contributed by atoms with Crippen LogP contribution in [0.4, 0.5) is 0 Å². The molecule has 0 aromatic heterocycles. The molecule has 1 aliphatic rings. The van der Waals surface area contributed by atoms with Crippen LogP contribution in [0.5, 0.6) is 0 Å². The molecule has 7 heteroatoms. The molecule has 0 aliphatic carbocycles. The zero-order valence-electron chi connectivity index (χ0n) is 8.44. The summed E-state index contributed by atoms with van der Waals surface area (Å²) >= 11 is 3.78. The quantitative estimate of drug-likeness (QED) is 0.440. The molecule has 1 heterocycles. The molecule has 0 unspecified atom stereocenters. The summed E-state index contributed by atoms with van der Waals surface area (Å²) in [5.74, 6) is 0.234. The normalized spacial score (nSPS) is 21.1. The number of nitrogens with one attached hydrogen (secondary N) is 1. The third-order valence-corrected chi connectivity index (χ3v) is 4.29. The van der Waals surface area contributed by atoms with E-state index < -0.39 is 9.84 Å². The lowest BCUT2D eigenvalue weighted by molar-refractivity contribution is -0.896. The second-order valence-electron chi connectivity index (χ2n) is 3.53. The van der Waals surface area contributed by atoms with Crippen LogP contribution in [0.3, 0.4) is 0 Å². The van der Waals surface area contributed by atoms with Crippen LogP contribution in [-0.4, -0.2) is 57.9 Å². The van der Waals surface area contributed by atoms with E-state index >= 15 is 0 Å². The van der Waals surface area contributed by atoms with Crippen molar-refractivity contribution >= 4 is 28.4 Å². The Balaban J connectivity index is 2.17. The van der Waals surface area contributed by atoms with E-state index in [1.807, 2.05) is 0 Å². The van der Waals surface area contributed by atoms with Crippen molar-refractivity contribution in [3.63, 3.8) is 0 Å². The van der Waals surface area contributed by atoms with Crippen molar-refractivity contribution in [1.82, 2.24) is 0 Å². The Bertz CT molecular complexity index is 301. The van der Waals surface area contributed by atoms with Gasteiger partial charge in [-0.2, -0.15) is 12.6 Å². The smallest absolute Gasteiger partial charge is 0.315 e. The van der Waals surface area contributed by atoms with Crippen LogP contribution in [0, 0.1) is 0 Å². The van der Waals surface area contributed by atoms with Crippen LogP contribution in [-0.2, 0) is 19.4 Å². The number of rotatable bonds is 4. The third kappa shape index (κ3) is 4.85. The van der Waals surface area contributed by atoms with Crippen molar-refractivity contribution < 1.29 is 22.8 Å². The molecule has 1 N–H and O–H groups in total. The van der Waals surface area contributed by atoms with E-state index in [0.29, 0.717) is 26.2 Å². The third-order valence-electron chi connectivity index (χ3n) is 2.38. The van der Waals surface area contributed by atoms with Gasteiger partial charge in [0, 0.05) is 0 Å². The lowest BCUT2D eigenvalue weighted by Gasteiger charge is -2.23. The molecule has 0 amide bonds. The standard InChI is InChI=1S/C8H15NO4S2/c10-8(7-14)13-4-1-9-2-5-15(11,12)6-3-9/h14H,1-7H2/p+1. The van der Waals surface area contributed by atoms with Gasteiger partial charge in [0.15, 0.2) is 9.84 Å². The van der Waals surface area contributed by atoms with E-state index in [4.69, 9.17) is 4.74 Å². The first-order valence-corrected chi connectivity index (χ1v) is 7.29. The number of thiol groups is 1. The van der Waals surface area contributed by atoms with Gasteiger partial charge in [-0.25, -0.2) is 8.42 Å². The molecule has 0 spiro atoms. The predicted molar refractivity (Wildman–Crippen MR) is 59.0 cm³/mol. The van der Waals surface area contributed by atoms with Crippen LogP contribution in [0.2, 0.25) is 0 Å². The molecular formula is C8H16NO4S2+. The lowest BCUT2D eigenvalue weighted by atomic mass is 10.5. The maximum absolute atomic E-state index is 11.1. The van der Waals surface area contributed by atoms with Gasteiger partial charge in [0.2, 0.25) is 0 Å². The number of esters is 1. The highest BCUT2D eigenvalue weighted by atomic mass is 32.2. The molecule has 1 saturated heterocycles. The van der Waals surface area contributed by atoms with Gasteiger partial charge in [-0.1, -0.05) is 0 Å². The Morgan fingerprint density at radius 3 is 2.47 bits per heavy atom. The zero-order valence-corrected chi connectivity index (χ0v) is 10.1. The van der Waals surface area contributed by atoms with Gasteiger partial charge in [0.25, 0.3) is 0 Å². The monoisotopic (exact) mass is 254 g/mol. The van der Waals surface area contributed by atoms with E-state index in [9.17, 15) is 13.2 Å². The highest BCUT2D eigenvalue weighted by Gasteiger charge is 2.24. The van der Waals surface area contributed by atoms with Crippen molar-refractivity contribution in [2.75, 3.05) is 43.5 Å². The van der Waals surface area contributed by atoms with Gasteiger partial charge in [-0.05, 0) is 0 Å². The molecule has 5 nitrogen and oxygen atoms in total. The second-order valence-corrected chi connectivity index (χ2v) is 6.15. The summed E-state index contributed by atoms with van der Waals surface area (Å²) in [7, 11) is -2.80. The Labute approximate surface area is 95.1 Å². The summed E-state index contributed by atoms with van der Waals surface area (Å²) in [5.41, 5.74) is 0. The molecule has 1 rings (SSSR count). The molecule has 0 saturated carbocycles. The van der Waals surface area contributed by atoms with Crippen LogP contribution < -0.4 is 4.90 Å². The number of quaternary nitrogens is 1. The Kier molecular flexibility index (Phi) is 4.88. The fourth-order valence-corrected chi connectivity index (χ4v) is 2.93. The number of hydrogen-bond acceptors (Lipinski definition) is 5. The van der Waals surface area contributed by atoms with Gasteiger partial charge < -0.3 is 9.64 Å². The maximum Gasteiger partial charge on any atom is 0.315 e. The molecule has 88 valence electrons. The highest BCUT2D eigenvalue weighted by Crippen LogP contribution is 1.89. The summed E-state index contributed by atoms with van der Waals surface area (Å²) in [6.07, 6.45) is 0. The minimum atomic E-state index is -2.80. The van der Waals surface area contributed by atoms with Crippen LogP contribution in [0.1, 0.15) is 0 Å². The predicted octanol–water partition coefficient (Wildman–Crippen LogP) is -2.23. The molecule has 1 fully saturated rings. The maximum atomic E-state index is 11.1. The average molecular weight is 254 g/mol. The molecule has 15 heavy (non-hydrogen) atoms. The Hall–Kier alpha value is -0.270. The number of carbonyl (C=O) groups excluding carboxylic acids is 1. The molecule has 0 aromatic carbocycles. The number of ether oxygens (including phenoxy) is 1. The number of sulfone groups is 1. The van der Waals surface area contributed by atoms with Gasteiger partial charge >= 0.3 is 5.97 Å². The Morgan fingerprint density at radius 2 is 1.93 bits per heavy atom. The zero-order chi connectivity index (χ0) is 11.3. The van der Waals surface area contributed by atoms with Crippen molar-refractivity contribution in [3.05, 3.63) is 0 Å². The van der Waals surface area contributed by atoms with E-state index in [2.05, 4.69) is 12.6 Å². The number of carbonyl (C=O) groups is 1. The van der Waals surface area contributed by atoms with E-state index in [-0.39, 0.29) is 23.2 Å². The molecular weight excluding hydrogens is 238 g/mol. The SMILES string of the molecule is O=C(CS)OCC[NH+]1CCS(=O)(=O)CC1. The van der Waals surface area contributed by atoms with Crippen LogP contribution in [0.25, 0.3) is 0 Å². The first kappa shape index (κ1) is 12.8. The molecule has 1 aliphatic heterocycles. The van der Waals surface area contributed by atoms with Gasteiger partial charge in [0.05, 0.1) is 30.3 Å². The molecule has 0 radical (unpaired) electrons. The summed E-state index contributed by atoms with van der Waals surface area (Å²) < 4.78 is 27.1. The van der Waals surface area contributed by atoms with Crippen LogP contribution >= 0.6 is 12.6 Å². The number of hydrogen-bond donors (Lipinski definition) is 2. The van der Waals surface area contributed by atoms with Gasteiger partial charge in [-0.3, -0.25) is 4.79 Å². The van der Waals surface area contributed by atoms with E-state index in [1.54, 1.807) is 0 Å².